The second kappa shape index (κ2) is 3.63. The number of anilines is 2. The van der Waals surface area contributed by atoms with E-state index in [1.807, 2.05) is 42.5 Å². The zero-order valence-electron chi connectivity index (χ0n) is 9.35. The summed E-state index contributed by atoms with van der Waals surface area (Å²) >= 11 is 0. The maximum atomic E-state index is 5.77. The maximum absolute atomic E-state index is 5.77. The van der Waals surface area contributed by atoms with E-state index in [4.69, 9.17) is 11.5 Å². The van der Waals surface area contributed by atoms with Crippen LogP contribution in [-0.2, 0) is 6.42 Å². The smallest absolute Gasteiger partial charge is 0.0670 e. The second-order valence-corrected chi connectivity index (χ2v) is 4.25. The minimum absolute atomic E-state index is 0.772. The largest absolute Gasteiger partial charge is 0.399 e. The summed E-state index contributed by atoms with van der Waals surface area (Å²) in [5.41, 5.74) is 17.4. The monoisotopic (exact) mass is 223 g/mol. The minimum atomic E-state index is 0.772. The molecule has 0 atom stereocenters. The number of aliphatic imine (C=N–C) groups is 1. The Balaban J connectivity index is 1.97. The Hall–Kier alpha value is -2.29. The van der Waals surface area contributed by atoms with Gasteiger partial charge in [0, 0.05) is 17.8 Å². The predicted molar refractivity (Wildman–Crippen MR) is 71.6 cm³/mol. The molecule has 3 nitrogen and oxygen atoms in total. The van der Waals surface area contributed by atoms with Gasteiger partial charge in [-0.2, -0.15) is 0 Å². The van der Waals surface area contributed by atoms with Gasteiger partial charge in [-0.15, -0.1) is 0 Å². The summed E-state index contributed by atoms with van der Waals surface area (Å²) < 4.78 is 0. The molecule has 17 heavy (non-hydrogen) atoms. The molecular formula is C14H13N3. The fourth-order valence-electron chi connectivity index (χ4n) is 2.06. The van der Waals surface area contributed by atoms with E-state index in [1.54, 1.807) is 0 Å². The molecule has 0 bridgehead atoms. The average Bonchev–Trinajstić information content (AvgIpc) is 2.72. The van der Waals surface area contributed by atoms with Crippen LogP contribution in [0.15, 0.2) is 47.5 Å². The molecule has 0 aromatic heterocycles. The van der Waals surface area contributed by atoms with Gasteiger partial charge in [0.1, 0.15) is 0 Å². The zero-order chi connectivity index (χ0) is 11.8. The fraction of sp³-hybridized carbons (Fsp3) is 0.0714. The Labute approximate surface area is 99.8 Å². The molecule has 0 fully saturated rings. The first-order valence-electron chi connectivity index (χ1n) is 5.54. The van der Waals surface area contributed by atoms with Gasteiger partial charge in [-0.05, 0) is 41.5 Å². The lowest BCUT2D eigenvalue weighted by atomic mass is 10.0. The van der Waals surface area contributed by atoms with Crippen molar-refractivity contribution in [3.8, 4) is 0 Å². The van der Waals surface area contributed by atoms with Crippen LogP contribution in [0.1, 0.15) is 11.1 Å². The van der Waals surface area contributed by atoms with Crippen molar-refractivity contribution in [3.05, 3.63) is 53.6 Å². The van der Waals surface area contributed by atoms with Crippen molar-refractivity contribution in [1.29, 1.82) is 0 Å². The molecule has 0 saturated carbocycles. The molecule has 0 saturated heterocycles. The molecule has 4 N–H and O–H groups in total. The van der Waals surface area contributed by atoms with E-state index in [-0.39, 0.29) is 0 Å². The molecule has 84 valence electrons. The van der Waals surface area contributed by atoms with Crippen LogP contribution < -0.4 is 11.5 Å². The summed E-state index contributed by atoms with van der Waals surface area (Å²) in [4.78, 5) is 4.61. The highest BCUT2D eigenvalue weighted by molar-refractivity contribution is 6.06. The summed E-state index contributed by atoms with van der Waals surface area (Å²) in [7, 11) is 0. The predicted octanol–water partition coefficient (Wildman–Crippen LogP) is 2.53. The Bertz CT molecular complexity index is 597. The van der Waals surface area contributed by atoms with Crippen LogP contribution in [-0.4, -0.2) is 5.71 Å². The van der Waals surface area contributed by atoms with Crippen LogP contribution in [0.25, 0.3) is 0 Å². The molecule has 0 radical (unpaired) electrons. The molecule has 2 aromatic rings. The highest BCUT2D eigenvalue weighted by Crippen LogP contribution is 2.30. The van der Waals surface area contributed by atoms with Crippen molar-refractivity contribution < 1.29 is 0 Å². The van der Waals surface area contributed by atoms with E-state index in [0.717, 1.165) is 34.8 Å². The molecule has 2 aromatic carbocycles. The van der Waals surface area contributed by atoms with Crippen LogP contribution in [0.3, 0.4) is 0 Å². The lowest BCUT2D eigenvalue weighted by Crippen LogP contribution is -2.00. The SMILES string of the molecule is Nc1ccc(C2=Nc3ccc(N)cc3C2)cc1. The third kappa shape index (κ3) is 1.76. The molecule has 0 unspecified atom stereocenters. The van der Waals surface area contributed by atoms with Crippen molar-refractivity contribution in [2.45, 2.75) is 6.42 Å². The highest BCUT2D eigenvalue weighted by Gasteiger charge is 2.15. The quantitative estimate of drug-likeness (QED) is 0.729. The van der Waals surface area contributed by atoms with Crippen molar-refractivity contribution in [1.82, 2.24) is 0 Å². The third-order valence-electron chi connectivity index (χ3n) is 2.96. The lowest BCUT2D eigenvalue weighted by Gasteiger charge is -2.00. The number of rotatable bonds is 1. The number of hydrogen-bond donors (Lipinski definition) is 2. The molecule has 1 aliphatic heterocycles. The van der Waals surface area contributed by atoms with E-state index in [9.17, 15) is 0 Å². The van der Waals surface area contributed by atoms with Crippen LogP contribution in [0, 0.1) is 0 Å². The molecular weight excluding hydrogens is 210 g/mol. The summed E-state index contributed by atoms with van der Waals surface area (Å²) in [6.45, 7) is 0. The van der Waals surface area contributed by atoms with Gasteiger partial charge in [-0.25, -0.2) is 0 Å². The Morgan fingerprint density at radius 1 is 0.882 bits per heavy atom. The van der Waals surface area contributed by atoms with Crippen LogP contribution >= 0.6 is 0 Å². The van der Waals surface area contributed by atoms with E-state index in [2.05, 4.69) is 4.99 Å². The van der Waals surface area contributed by atoms with E-state index in [1.165, 1.54) is 5.56 Å². The molecule has 0 aliphatic carbocycles. The zero-order valence-corrected chi connectivity index (χ0v) is 9.35. The molecule has 3 rings (SSSR count). The van der Waals surface area contributed by atoms with Crippen LogP contribution in [0.2, 0.25) is 0 Å². The van der Waals surface area contributed by atoms with Crippen molar-refractivity contribution in [2.75, 3.05) is 11.5 Å². The van der Waals surface area contributed by atoms with Gasteiger partial charge in [-0.1, -0.05) is 12.1 Å². The number of benzene rings is 2. The topological polar surface area (TPSA) is 64.4 Å². The van der Waals surface area contributed by atoms with Crippen molar-refractivity contribution in [2.24, 2.45) is 4.99 Å². The average molecular weight is 223 g/mol. The molecule has 0 amide bonds. The van der Waals surface area contributed by atoms with E-state index >= 15 is 0 Å². The van der Waals surface area contributed by atoms with E-state index in [0.29, 0.717) is 0 Å². The molecule has 1 heterocycles. The van der Waals surface area contributed by atoms with Gasteiger partial charge >= 0.3 is 0 Å². The van der Waals surface area contributed by atoms with Gasteiger partial charge in [0.15, 0.2) is 0 Å². The molecule has 3 heteroatoms. The van der Waals surface area contributed by atoms with Crippen LogP contribution in [0.5, 0.6) is 0 Å². The molecule has 0 spiro atoms. The number of nitrogen functional groups attached to an aromatic ring is 2. The van der Waals surface area contributed by atoms with Gasteiger partial charge in [0.2, 0.25) is 0 Å². The standard InChI is InChI=1S/C14H13N3/c15-11-3-1-9(2-4-11)14-8-10-7-12(16)5-6-13(10)17-14/h1-7H,8,15-16H2. The van der Waals surface area contributed by atoms with Crippen molar-refractivity contribution in [3.63, 3.8) is 0 Å². The number of nitrogens with zero attached hydrogens (tertiary/aromatic N) is 1. The first-order valence-corrected chi connectivity index (χ1v) is 5.54. The Kier molecular flexibility index (Phi) is 2.11. The highest BCUT2D eigenvalue weighted by atomic mass is 14.8. The summed E-state index contributed by atoms with van der Waals surface area (Å²) in [5.74, 6) is 0. The second-order valence-electron chi connectivity index (χ2n) is 4.25. The number of fused-ring (bicyclic) bond motifs is 1. The summed E-state index contributed by atoms with van der Waals surface area (Å²) in [6, 6.07) is 13.6. The van der Waals surface area contributed by atoms with Gasteiger partial charge in [-0.3, -0.25) is 4.99 Å². The summed E-state index contributed by atoms with van der Waals surface area (Å²) in [5, 5.41) is 0. The number of nitrogens with two attached hydrogens (primary N) is 2. The molecule has 1 aliphatic rings. The summed E-state index contributed by atoms with van der Waals surface area (Å²) in [6.07, 6.45) is 0.838. The first kappa shape index (κ1) is 9.90. The van der Waals surface area contributed by atoms with Gasteiger partial charge in [0.05, 0.1) is 11.4 Å². The normalized spacial score (nSPS) is 13.3. The fourth-order valence-corrected chi connectivity index (χ4v) is 2.06. The van der Waals surface area contributed by atoms with Gasteiger partial charge in [0.25, 0.3) is 0 Å². The Morgan fingerprint density at radius 3 is 2.35 bits per heavy atom. The maximum Gasteiger partial charge on any atom is 0.0670 e. The third-order valence-corrected chi connectivity index (χ3v) is 2.96. The van der Waals surface area contributed by atoms with E-state index < -0.39 is 0 Å². The van der Waals surface area contributed by atoms with Gasteiger partial charge < -0.3 is 11.5 Å². The van der Waals surface area contributed by atoms with Crippen molar-refractivity contribution >= 4 is 22.8 Å². The lowest BCUT2D eigenvalue weighted by molar-refractivity contribution is 1.39. The Morgan fingerprint density at radius 2 is 1.59 bits per heavy atom. The first-order chi connectivity index (χ1) is 8.22. The number of hydrogen-bond acceptors (Lipinski definition) is 3. The minimum Gasteiger partial charge on any atom is -0.399 e. The van der Waals surface area contributed by atoms with Crippen LogP contribution in [0.4, 0.5) is 17.1 Å².